The maximum Gasteiger partial charge on any atom is 0.0896 e. The van der Waals surface area contributed by atoms with E-state index in [1.54, 1.807) is 0 Å². The minimum absolute atomic E-state index is 0. The molecule has 82 valence electrons. The zero-order chi connectivity index (χ0) is 9.52. The zero-order valence-corrected chi connectivity index (χ0v) is 10.7. The largest absolute Gasteiger partial charge is 0.359 e. The van der Waals surface area contributed by atoms with E-state index >= 15 is 0 Å². The van der Waals surface area contributed by atoms with Crippen LogP contribution in [0.3, 0.4) is 0 Å². The number of halogens is 1. The van der Waals surface area contributed by atoms with Crippen molar-refractivity contribution in [2.75, 3.05) is 19.8 Å². The molecule has 0 aromatic heterocycles. The molecule has 0 saturated carbocycles. The summed E-state index contributed by atoms with van der Waals surface area (Å²) in [6, 6.07) is 0. The first-order valence-corrected chi connectivity index (χ1v) is 5.14. The molecule has 1 aliphatic heterocycles. The van der Waals surface area contributed by atoms with Crippen LogP contribution in [0.5, 0.6) is 0 Å². The molecular weight excluding hydrogens is 240 g/mol. The summed E-state index contributed by atoms with van der Waals surface area (Å²) in [5.74, 6) is 0. The van der Waals surface area contributed by atoms with E-state index in [1.807, 2.05) is 6.08 Å². The molecule has 0 atom stereocenters. The maximum atomic E-state index is 3.73. The van der Waals surface area contributed by atoms with Crippen molar-refractivity contribution in [3.8, 4) is 0 Å². The summed E-state index contributed by atoms with van der Waals surface area (Å²) in [6.45, 7) is 9.16. The van der Waals surface area contributed by atoms with Crippen LogP contribution in [0.1, 0.15) is 26.2 Å². The van der Waals surface area contributed by atoms with Crippen molar-refractivity contribution < 1.29 is 0 Å². The average Bonchev–Trinajstić information content (AvgIpc) is 2.54. The molecule has 0 aromatic rings. The Bertz CT molecular complexity index is 180. The van der Waals surface area contributed by atoms with Crippen molar-refractivity contribution in [3.63, 3.8) is 0 Å². The van der Waals surface area contributed by atoms with Gasteiger partial charge in [0.25, 0.3) is 0 Å². The van der Waals surface area contributed by atoms with E-state index in [0.717, 1.165) is 13.2 Å². The summed E-state index contributed by atoms with van der Waals surface area (Å²) in [4.78, 5) is 4.62. The lowest BCUT2D eigenvalue weighted by molar-refractivity contribution is 0.277. The lowest BCUT2D eigenvalue weighted by Crippen LogP contribution is -2.26. The fourth-order valence-corrected chi connectivity index (χ4v) is 1.51. The number of unbranched alkanes of at least 4 members (excludes halogenated alkanes) is 2. The Morgan fingerprint density at radius 2 is 2.00 bits per heavy atom. The quantitative estimate of drug-likeness (QED) is 0.535. The third-order valence-electron chi connectivity index (χ3n) is 2.26. The summed E-state index contributed by atoms with van der Waals surface area (Å²) in [6.07, 6.45) is 10.2. The number of hydrogen-bond donors (Lipinski definition) is 0. The lowest BCUT2D eigenvalue weighted by atomic mass is 10.2. The first kappa shape index (κ1) is 13.6. The molecule has 0 bridgehead atoms. The topological polar surface area (TPSA) is 6.48 Å². The Morgan fingerprint density at radius 3 is 2.64 bits per heavy atom. The average molecular weight is 261 g/mol. The highest BCUT2D eigenvalue weighted by molar-refractivity contribution is 8.93. The number of rotatable bonds is 6. The van der Waals surface area contributed by atoms with Crippen molar-refractivity contribution in [2.24, 2.45) is 0 Å². The van der Waals surface area contributed by atoms with Crippen molar-refractivity contribution in [1.82, 2.24) is 9.80 Å². The van der Waals surface area contributed by atoms with Crippen molar-refractivity contribution in [1.29, 1.82) is 0 Å². The highest BCUT2D eigenvalue weighted by Gasteiger charge is 2.09. The molecule has 1 heterocycles. The maximum absolute atomic E-state index is 3.73. The Hall–Kier alpha value is -0.440. The highest BCUT2D eigenvalue weighted by atomic mass is 79.9. The van der Waals surface area contributed by atoms with Gasteiger partial charge in [-0.25, -0.2) is 0 Å². The molecule has 1 rings (SSSR count). The van der Waals surface area contributed by atoms with Crippen molar-refractivity contribution in [2.45, 2.75) is 26.2 Å². The van der Waals surface area contributed by atoms with Gasteiger partial charge in [0.15, 0.2) is 0 Å². The van der Waals surface area contributed by atoms with Gasteiger partial charge in [0.2, 0.25) is 0 Å². The molecular formula is C11H21BrN2. The van der Waals surface area contributed by atoms with Gasteiger partial charge in [-0.3, -0.25) is 0 Å². The number of nitrogens with zero attached hydrogens (tertiary/aromatic N) is 2. The van der Waals surface area contributed by atoms with Gasteiger partial charge in [0.05, 0.1) is 6.67 Å². The van der Waals surface area contributed by atoms with Gasteiger partial charge >= 0.3 is 0 Å². The second kappa shape index (κ2) is 7.92. The van der Waals surface area contributed by atoms with Crippen LogP contribution in [0.2, 0.25) is 0 Å². The van der Waals surface area contributed by atoms with Gasteiger partial charge in [-0.15, -0.1) is 23.6 Å². The molecule has 3 heteroatoms. The predicted octanol–water partition coefficient (Wildman–Crippen LogP) is 2.99. The van der Waals surface area contributed by atoms with Crippen LogP contribution in [-0.4, -0.2) is 29.6 Å². The summed E-state index contributed by atoms with van der Waals surface area (Å²) < 4.78 is 0. The third kappa shape index (κ3) is 4.70. The van der Waals surface area contributed by atoms with Crippen LogP contribution in [0, 0.1) is 0 Å². The normalized spacial score (nSPS) is 14.4. The first-order chi connectivity index (χ1) is 6.36. The minimum Gasteiger partial charge on any atom is -0.359 e. The third-order valence-corrected chi connectivity index (χ3v) is 2.26. The Labute approximate surface area is 98.0 Å². The second-order valence-corrected chi connectivity index (χ2v) is 3.52. The predicted molar refractivity (Wildman–Crippen MR) is 67.5 cm³/mol. The van der Waals surface area contributed by atoms with Crippen LogP contribution in [-0.2, 0) is 0 Å². The SMILES string of the molecule is Br.C=CCN1C=CN(CCCCC)C1. The van der Waals surface area contributed by atoms with Gasteiger partial charge < -0.3 is 9.80 Å². The van der Waals surface area contributed by atoms with Gasteiger partial charge in [0, 0.05) is 25.5 Å². The Kier molecular flexibility index (Phi) is 7.67. The molecule has 0 spiro atoms. The molecule has 0 unspecified atom stereocenters. The van der Waals surface area contributed by atoms with Crippen LogP contribution in [0.15, 0.2) is 25.1 Å². The van der Waals surface area contributed by atoms with Crippen LogP contribution in [0.25, 0.3) is 0 Å². The number of hydrogen-bond acceptors (Lipinski definition) is 2. The summed E-state index contributed by atoms with van der Waals surface area (Å²) in [5, 5.41) is 0. The summed E-state index contributed by atoms with van der Waals surface area (Å²) in [7, 11) is 0. The summed E-state index contributed by atoms with van der Waals surface area (Å²) in [5.41, 5.74) is 0. The van der Waals surface area contributed by atoms with E-state index in [1.165, 1.54) is 25.8 Å². The highest BCUT2D eigenvalue weighted by Crippen LogP contribution is 2.07. The standard InChI is InChI=1S/C11H20N2.BrH/c1-3-5-6-8-13-10-9-12(11-13)7-4-2;/h4,9-10H,2-3,5-8,11H2,1H3;1H. The minimum atomic E-state index is 0. The molecule has 0 aliphatic carbocycles. The first-order valence-electron chi connectivity index (χ1n) is 5.14. The van der Waals surface area contributed by atoms with E-state index in [9.17, 15) is 0 Å². The summed E-state index contributed by atoms with van der Waals surface area (Å²) >= 11 is 0. The Morgan fingerprint density at radius 1 is 1.29 bits per heavy atom. The molecule has 0 fully saturated rings. The molecule has 1 aliphatic rings. The van der Waals surface area contributed by atoms with E-state index in [4.69, 9.17) is 0 Å². The van der Waals surface area contributed by atoms with E-state index < -0.39 is 0 Å². The Balaban J connectivity index is 0.00000169. The van der Waals surface area contributed by atoms with Crippen LogP contribution in [0.4, 0.5) is 0 Å². The molecule has 0 aromatic carbocycles. The molecule has 0 radical (unpaired) electrons. The molecule has 2 nitrogen and oxygen atoms in total. The zero-order valence-electron chi connectivity index (χ0n) is 8.98. The smallest absolute Gasteiger partial charge is 0.0896 e. The van der Waals surface area contributed by atoms with Crippen molar-refractivity contribution in [3.05, 3.63) is 25.1 Å². The van der Waals surface area contributed by atoms with Gasteiger partial charge in [-0.1, -0.05) is 25.8 Å². The lowest BCUT2D eigenvalue weighted by Gasteiger charge is -2.19. The second-order valence-electron chi connectivity index (χ2n) is 3.52. The molecule has 0 N–H and O–H groups in total. The molecule has 0 amide bonds. The van der Waals surface area contributed by atoms with Gasteiger partial charge in [-0.2, -0.15) is 0 Å². The van der Waals surface area contributed by atoms with Crippen LogP contribution < -0.4 is 0 Å². The fraction of sp³-hybridized carbons (Fsp3) is 0.636. The van der Waals surface area contributed by atoms with E-state index in [-0.39, 0.29) is 17.0 Å². The monoisotopic (exact) mass is 260 g/mol. The van der Waals surface area contributed by atoms with Crippen molar-refractivity contribution >= 4 is 17.0 Å². The van der Waals surface area contributed by atoms with Gasteiger partial charge in [0.1, 0.15) is 0 Å². The fourth-order valence-electron chi connectivity index (χ4n) is 1.51. The van der Waals surface area contributed by atoms with Gasteiger partial charge in [-0.05, 0) is 6.42 Å². The van der Waals surface area contributed by atoms with E-state index in [2.05, 4.69) is 35.7 Å². The van der Waals surface area contributed by atoms with E-state index in [0.29, 0.717) is 0 Å². The molecule has 14 heavy (non-hydrogen) atoms. The molecule has 0 saturated heterocycles. The van der Waals surface area contributed by atoms with Crippen LogP contribution >= 0.6 is 17.0 Å².